The number of carbonyl (C=O) groups is 2. The summed E-state index contributed by atoms with van der Waals surface area (Å²) >= 11 is 0. The summed E-state index contributed by atoms with van der Waals surface area (Å²) in [6, 6.07) is 0. The number of hydrogen-bond donors (Lipinski definition) is 0. The maximum atomic E-state index is 12.9. The maximum Gasteiger partial charge on any atom is 0.306 e. The number of hydrogen-bond acceptors (Lipinski definition) is 5. The van der Waals surface area contributed by atoms with Crippen LogP contribution in [0, 0.1) is 0 Å². The second-order valence-electron chi connectivity index (χ2n) is 21.3. The lowest BCUT2D eigenvalue weighted by Crippen LogP contribution is -2.30. The van der Waals surface area contributed by atoms with Gasteiger partial charge in [-0.05, 0) is 44.9 Å². The molecule has 68 heavy (non-hydrogen) atoms. The zero-order chi connectivity index (χ0) is 49.2. The highest BCUT2D eigenvalue weighted by Gasteiger charge is 2.18. The minimum atomic E-state index is -0.528. The van der Waals surface area contributed by atoms with Gasteiger partial charge in [0, 0.05) is 19.4 Å². The summed E-state index contributed by atoms with van der Waals surface area (Å²) in [5.74, 6) is -0.367. The van der Waals surface area contributed by atoms with E-state index in [1.165, 1.54) is 289 Å². The molecule has 0 aliphatic heterocycles. The molecule has 0 aliphatic rings. The van der Waals surface area contributed by atoms with E-state index < -0.39 is 6.10 Å². The van der Waals surface area contributed by atoms with Gasteiger partial charge in [0.15, 0.2) is 6.10 Å². The van der Waals surface area contributed by atoms with Crippen molar-refractivity contribution in [2.45, 2.75) is 361 Å². The molecule has 5 heteroatoms. The first-order valence-corrected chi connectivity index (χ1v) is 31.2. The van der Waals surface area contributed by atoms with Crippen molar-refractivity contribution in [3.63, 3.8) is 0 Å². The highest BCUT2D eigenvalue weighted by Crippen LogP contribution is 2.18. The molecular formula is C63H122O5. The van der Waals surface area contributed by atoms with Crippen LogP contribution in [0.2, 0.25) is 0 Å². The minimum absolute atomic E-state index is 0.0956. The van der Waals surface area contributed by atoms with Gasteiger partial charge in [-0.25, -0.2) is 0 Å². The number of carbonyl (C=O) groups excluding carboxylic acids is 2. The molecule has 0 aromatic rings. The molecule has 0 aliphatic carbocycles. The molecule has 0 amide bonds. The second-order valence-corrected chi connectivity index (χ2v) is 21.3. The summed E-state index contributed by atoms with van der Waals surface area (Å²) in [6.07, 6.45) is 71.0. The molecule has 0 saturated carbocycles. The summed E-state index contributed by atoms with van der Waals surface area (Å²) in [7, 11) is 0. The third-order valence-corrected chi connectivity index (χ3v) is 14.3. The van der Waals surface area contributed by atoms with Crippen LogP contribution in [0.15, 0.2) is 12.2 Å². The van der Waals surface area contributed by atoms with Crippen LogP contribution in [-0.2, 0) is 23.8 Å². The lowest BCUT2D eigenvalue weighted by atomic mass is 10.0. The normalized spacial score (nSPS) is 12.1. The van der Waals surface area contributed by atoms with Crippen molar-refractivity contribution in [1.82, 2.24) is 0 Å². The predicted molar refractivity (Wildman–Crippen MR) is 298 cm³/mol. The topological polar surface area (TPSA) is 61.8 Å². The van der Waals surface area contributed by atoms with Gasteiger partial charge in [-0.2, -0.15) is 0 Å². The molecule has 0 fully saturated rings. The van der Waals surface area contributed by atoms with Crippen molar-refractivity contribution in [3.05, 3.63) is 12.2 Å². The Labute approximate surface area is 426 Å². The fourth-order valence-electron chi connectivity index (χ4n) is 9.63. The van der Waals surface area contributed by atoms with Crippen molar-refractivity contribution < 1.29 is 23.8 Å². The third kappa shape index (κ3) is 57.2. The van der Waals surface area contributed by atoms with Crippen molar-refractivity contribution >= 4 is 11.9 Å². The van der Waals surface area contributed by atoms with Gasteiger partial charge in [0.1, 0.15) is 6.61 Å². The fourth-order valence-corrected chi connectivity index (χ4v) is 9.63. The Morgan fingerprint density at radius 3 is 0.897 bits per heavy atom. The first-order valence-electron chi connectivity index (χ1n) is 31.2. The third-order valence-electron chi connectivity index (χ3n) is 14.3. The molecule has 1 atom stereocenters. The largest absolute Gasteiger partial charge is 0.462 e. The first kappa shape index (κ1) is 66.6. The Hall–Kier alpha value is -1.36. The van der Waals surface area contributed by atoms with E-state index in [4.69, 9.17) is 14.2 Å². The van der Waals surface area contributed by atoms with Gasteiger partial charge in [0.25, 0.3) is 0 Å². The number of unbranched alkanes of at least 4 members (excludes halogenated alkanes) is 46. The molecular weight excluding hydrogens is 837 g/mol. The number of ether oxygens (including phenoxy) is 3. The lowest BCUT2D eigenvalue weighted by Gasteiger charge is -2.18. The minimum Gasteiger partial charge on any atom is -0.462 e. The van der Waals surface area contributed by atoms with E-state index in [1.54, 1.807) is 0 Å². The van der Waals surface area contributed by atoms with Crippen LogP contribution in [0.5, 0.6) is 0 Å². The molecule has 0 aromatic heterocycles. The molecule has 0 heterocycles. The van der Waals surface area contributed by atoms with Crippen LogP contribution in [0.4, 0.5) is 0 Å². The van der Waals surface area contributed by atoms with E-state index in [-0.39, 0.29) is 18.5 Å². The second kappa shape index (κ2) is 59.9. The molecule has 0 N–H and O–H groups in total. The summed E-state index contributed by atoms with van der Waals surface area (Å²) in [4.78, 5) is 25.6. The van der Waals surface area contributed by atoms with Crippen LogP contribution >= 0.6 is 0 Å². The Morgan fingerprint density at radius 1 is 0.309 bits per heavy atom. The van der Waals surface area contributed by atoms with E-state index in [9.17, 15) is 9.59 Å². The highest BCUT2D eigenvalue weighted by molar-refractivity contribution is 5.70. The van der Waals surface area contributed by atoms with Gasteiger partial charge in [-0.1, -0.05) is 309 Å². The average Bonchev–Trinajstić information content (AvgIpc) is 3.34. The molecule has 0 bridgehead atoms. The van der Waals surface area contributed by atoms with Crippen LogP contribution in [0.1, 0.15) is 355 Å². The standard InChI is InChI=1S/C63H122O5/c1-4-7-10-13-16-19-22-25-28-30-31-32-34-37-40-43-46-49-52-55-58-66-59-61(68-63(65)57-54-51-48-45-42-39-35-27-24-21-18-15-12-9-6-3)60-67-62(64)56-53-50-47-44-41-38-36-33-29-26-23-20-17-14-11-8-5-2/h25,28,61H,4-24,26-27,29-60H2,1-3H3/b28-25-. The molecule has 0 radical (unpaired) electrons. The monoisotopic (exact) mass is 959 g/mol. The first-order chi connectivity index (χ1) is 33.6. The highest BCUT2D eigenvalue weighted by atomic mass is 16.6. The van der Waals surface area contributed by atoms with Gasteiger partial charge in [0.2, 0.25) is 0 Å². The lowest BCUT2D eigenvalue weighted by molar-refractivity contribution is -0.163. The Bertz CT molecular complexity index is 994. The van der Waals surface area contributed by atoms with E-state index in [0.717, 1.165) is 32.1 Å². The van der Waals surface area contributed by atoms with Gasteiger partial charge in [-0.15, -0.1) is 0 Å². The van der Waals surface area contributed by atoms with Gasteiger partial charge in [-0.3, -0.25) is 9.59 Å². The fraction of sp³-hybridized carbons (Fsp3) is 0.937. The maximum absolute atomic E-state index is 12.9. The zero-order valence-corrected chi connectivity index (χ0v) is 46.7. The van der Waals surface area contributed by atoms with E-state index >= 15 is 0 Å². The SMILES string of the molecule is CCCCCCCC/C=C\CCCCCCCCCCCCOCC(COC(=O)CCCCCCCCCCCCCCCCCCC)OC(=O)CCCCCCCCCCCCCCCCC. The van der Waals surface area contributed by atoms with Crippen LogP contribution < -0.4 is 0 Å². The molecule has 0 aromatic carbocycles. The van der Waals surface area contributed by atoms with Gasteiger partial charge in [0.05, 0.1) is 6.61 Å². The van der Waals surface area contributed by atoms with E-state index in [2.05, 4.69) is 32.9 Å². The molecule has 5 nitrogen and oxygen atoms in total. The van der Waals surface area contributed by atoms with Crippen LogP contribution in [0.25, 0.3) is 0 Å². The number of allylic oxidation sites excluding steroid dienone is 2. The summed E-state index contributed by atoms with van der Waals surface area (Å²) in [5.41, 5.74) is 0. The Kier molecular flexibility index (Phi) is 58.7. The quantitative estimate of drug-likeness (QED) is 0.0345. The van der Waals surface area contributed by atoms with Crippen molar-refractivity contribution in [3.8, 4) is 0 Å². The smallest absolute Gasteiger partial charge is 0.306 e. The molecule has 0 rings (SSSR count). The summed E-state index contributed by atoms with van der Waals surface area (Å²) in [6.45, 7) is 7.92. The molecule has 1 unspecified atom stereocenters. The summed E-state index contributed by atoms with van der Waals surface area (Å²) in [5, 5.41) is 0. The van der Waals surface area contributed by atoms with Crippen molar-refractivity contribution in [2.75, 3.05) is 19.8 Å². The molecule has 404 valence electrons. The predicted octanol–water partition coefficient (Wildman–Crippen LogP) is 21.4. The van der Waals surface area contributed by atoms with E-state index in [1.807, 2.05) is 0 Å². The van der Waals surface area contributed by atoms with Crippen molar-refractivity contribution in [1.29, 1.82) is 0 Å². The number of rotatable bonds is 59. The van der Waals surface area contributed by atoms with Crippen LogP contribution in [-0.4, -0.2) is 37.9 Å². The van der Waals surface area contributed by atoms with Gasteiger partial charge >= 0.3 is 11.9 Å². The Balaban J connectivity index is 4.19. The number of esters is 2. The van der Waals surface area contributed by atoms with Gasteiger partial charge < -0.3 is 14.2 Å². The average molecular weight is 960 g/mol. The molecule has 0 spiro atoms. The molecule has 0 saturated heterocycles. The Morgan fingerprint density at radius 2 is 0.574 bits per heavy atom. The van der Waals surface area contributed by atoms with Crippen molar-refractivity contribution in [2.24, 2.45) is 0 Å². The summed E-state index contributed by atoms with van der Waals surface area (Å²) < 4.78 is 17.5. The van der Waals surface area contributed by atoms with Crippen LogP contribution in [0.3, 0.4) is 0 Å². The van der Waals surface area contributed by atoms with E-state index in [0.29, 0.717) is 26.1 Å². The zero-order valence-electron chi connectivity index (χ0n) is 46.7.